The number of ether oxygens (including phenoxy) is 1. The van der Waals surface area contributed by atoms with Gasteiger partial charge in [-0.15, -0.1) is 0 Å². The minimum atomic E-state index is 0.0872. The molecule has 6 nitrogen and oxygen atoms in total. The van der Waals surface area contributed by atoms with Gasteiger partial charge in [0, 0.05) is 37.6 Å². The van der Waals surface area contributed by atoms with Crippen LogP contribution >= 0.6 is 0 Å². The fourth-order valence-electron chi connectivity index (χ4n) is 3.63. The standard InChI is InChI=1S/C18H22N4O2/c1-20-9-10-24-17-13-21(12-16(17)20)18(23)15-6-3-2-5-14(15)11-22-8-4-7-19-22/h2-8,16-17H,9-13H2,1H3/t16-,17+/m0/s1. The first-order valence-electron chi connectivity index (χ1n) is 8.39. The van der Waals surface area contributed by atoms with E-state index < -0.39 is 0 Å². The van der Waals surface area contributed by atoms with Crippen molar-refractivity contribution in [2.75, 3.05) is 33.3 Å². The molecule has 0 aliphatic carbocycles. The van der Waals surface area contributed by atoms with Gasteiger partial charge in [0.25, 0.3) is 5.91 Å². The van der Waals surface area contributed by atoms with Gasteiger partial charge in [0.2, 0.25) is 0 Å². The van der Waals surface area contributed by atoms with Crippen molar-refractivity contribution in [2.24, 2.45) is 0 Å². The average molecular weight is 326 g/mol. The van der Waals surface area contributed by atoms with E-state index in [1.54, 1.807) is 6.20 Å². The van der Waals surface area contributed by atoms with Crippen molar-refractivity contribution in [3.8, 4) is 0 Å². The Bertz CT molecular complexity index is 716. The van der Waals surface area contributed by atoms with Gasteiger partial charge in [-0.3, -0.25) is 14.4 Å². The van der Waals surface area contributed by atoms with Gasteiger partial charge in [0.15, 0.2) is 0 Å². The SMILES string of the molecule is CN1CCO[C@@H]2CN(C(=O)c3ccccc3Cn3cccn3)C[C@@H]21. The second-order valence-corrected chi connectivity index (χ2v) is 6.53. The highest BCUT2D eigenvalue weighted by atomic mass is 16.5. The largest absolute Gasteiger partial charge is 0.373 e. The molecule has 2 aromatic rings. The number of benzene rings is 1. The van der Waals surface area contributed by atoms with Crippen LogP contribution < -0.4 is 0 Å². The molecule has 2 aliphatic rings. The lowest BCUT2D eigenvalue weighted by atomic mass is 10.1. The number of carbonyl (C=O) groups is 1. The van der Waals surface area contributed by atoms with Crippen LogP contribution in [0.2, 0.25) is 0 Å². The normalized spacial score (nSPS) is 24.1. The summed E-state index contributed by atoms with van der Waals surface area (Å²) in [4.78, 5) is 17.3. The van der Waals surface area contributed by atoms with E-state index in [9.17, 15) is 4.79 Å². The molecule has 2 aliphatic heterocycles. The molecule has 0 spiro atoms. The first kappa shape index (κ1) is 15.4. The fourth-order valence-corrected chi connectivity index (χ4v) is 3.63. The highest BCUT2D eigenvalue weighted by molar-refractivity contribution is 5.96. The molecule has 2 atom stereocenters. The monoisotopic (exact) mass is 326 g/mol. The lowest BCUT2D eigenvalue weighted by Crippen LogP contribution is -2.48. The molecule has 0 saturated carbocycles. The van der Waals surface area contributed by atoms with Crippen LogP contribution in [0.1, 0.15) is 15.9 Å². The number of hydrogen-bond acceptors (Lipinski definition) is 4. The van der Waals surface area contributed by atoms with Gasteiger partial charge in [0.05, 0.1) is 25.3 Å². The van der Waals surface area contributed by atoms with Crippen molar-refractivity contribution < 1.29 is 9.53 Å². The van der Waals surface area contributed by atoms with E-state index in [1.807, 2.05) is 46.1 Å². The van der Waals surface area contributed by atoms with Crippen molar-refractivity contribution in [1.82, 2.24) is 19.6 Å². The number of nitrogens with zero attached hydrogens (tertiary/aromatic N) is 4. The van der Waals surface area contributed by atoms with Crippen LogP contribution in [0.4, 0.5) is 0 Å². The molecular formula is C18H22N4O2. The Morgan fingerprint density at radius 2 is 2.17 bits per heavy atom. The van der Waals surface area contributed by atoms with Gasteiger partial charge in [-0.25, -0.2) is 0 Å². The molecule has 24 heavy (non-hydrogen) atoms. The molecule has 3 heterocycles. The third-order valence-electron chi connectivity index (χ3n) is 5.01. The number of hydrogen-bond donors (Lipinski definition) is 0. The minimum Gasteiger partial charge on any atom is -0.373 e. The Morgan fingerprint density at radius 1 is 1.29 bits per heavy atom. The number of likely N-dealkylation sites (tertiary alicyclic amines) is 1. The summed E-state index contributed by atoms with van der Waals surface area (Å²) in [6.07, 6.45) is 3.79. The molecule has 4 rings (SSSR count). The first-order chi connectivity index (χ1) is 11.7. The third kappa shape index (κ3) is 2.83. The minimum absolute atomic E-state index is 0.0872. The number of amides is 1. The molecule has 0 radical (unpaired) electrons. The van der Waals surface area contributed by atoms with Crippen molar-refractivity contribution >= 4 is 5.91 Å². The Morgan fingerprint density at radius 3 is 2.96 bits per heavy atom. The molecular weight excluding hydrogens is 304 g/mol. The summed E-state index contributed by atoms with van der Waals surface area (Å²) in [7, 11) is 2.11. The Labute approximate surface area is 141 Å². The van der Waals surface area contributed by atoms with Crippen molar-refractivity contribution in [1.29, 1.82) is 0 Å². The summed E-state index contributed by atoms with van der Waals surface area (Å²) in [6, 6.07) is 10.00. The van der Waals surface area contributed by atoms with Gasteiger partial charge in [0.1, 0.15) is 0 Å². The van der Waals surface area contributed by atoms with E-state index in [1.165, 1.54) is 0 Å². The second-order valence-electron chi connectivity index (χ2n) is 6.53. The highest BCUT2D eigenvalue weighted by Crippen LogP contribution is 2.24. The van der Waals surface area contributed by atoms with Crippen LogP contribution in [0.15, 0.2) is 42.7 Å². The number of morpholine rings is 1. The van der Waals surface area contributed by atoms with Crippen LogP contribution in [0.25, 0.3) is 0 Å². The lowest BCUT2D eigenvalue weighted by molar-refractivity contribution is -0.0368. The van der Waals surface area contributed by atoms with Crippen LogP contribution in [-0.4, -0.2) is 70.9 Å². The summed E-state index contributed by atoms with van der Waals surface area (Å²) in [5.74, 6) is 0.0872. The summed E-state index contributed by atoms with van der Waals surface area (Å²) in [5, 5.41) is 4.24. The van der Waals surface area contributed by atoms with E-state index in [0.717, 1.165) is 30.8 Å². The molecule has 0 N–H and O–H groups in total. The molecule has 2 saturated heterocycles. The molecule has 2 fully saturated rings. The third-order valence-corrected chi connectivity index (χ3v) is 5.01. The van der Waals surface area contributed by atoms with Gasteiger partial charge in [-0.2, -0.15) is 5.10 Å². The fraction of sp³-hybridized carbons (Fsp3) is 0.444. The Balaban J connectivity index is 1.55. The van der Waals surface area contributed by atoms with Crippen LogP contribution in [0.3, 0.4) is 0 Å². The number of aromatic nitrogens is 2. The highest BCUT2D eigenvalue weighted by Gasteiger charge is 2.40. The molecule has 1 aromatic carbocycles. The van der Waals surface area contributed by atoms with E-state index in [2.05, 4.69) is 17.0 Å². The molecule has 0 unspecified atom stereocenters. The number of likely N-dealkylation sites (N-methyl/N-ethyl adjacent to an activating group) is 1. The zero-order chi connectivity index (χ0) is 16.5. The topological polar surface area (TPSA) is 50.6 Å². The quantitative estimate of drug-likeness (QED) is 0.847. The van der Waals surface area contributed by atoms with Crippen LogP contribution in [0, 0.1) is 0 Å². The maximum atomic E-state index is 13.1. The Hall–Kier alpha value is -2.18. The van der Waals surface area contributed by atoms with E-state index in [-0.39, 0.29) is 12.0 Å². The van der Waals surface area contributed by atoms with Gasteiger partial charge >= 0.3 is 0 Å². The summed E-state index contributed by atoms with van der Waals surface area (Å²) in [6.45, 7) is 3.68. The maximum absolute atomic E-state index is 13.1. The summed E-state index contributed by atoms with van der Waals surface area (Å²) in [5.41, 5.74) is 1.75. The molecule has 0 bridgehead atoms. The Kier molecular flexibility index (Phi) is 4.08. The summed E-state index contributed by atoms with van der Waals surface area (Å²) >= 11 is 0. The zero-order valence-electron chi connectivity index (χ0n) is 13.8. The van der Waals surface area contributed by atoms with Crippen LogP contribution in [-0.2, 0) is 11.3 Å². The zero-order valence-corrected chi connectivity index (χ0v) is 13.8. The van der Waals surface area contributed by atoms with Crippen molar-refractivity contribution in [3.05, 3.63) is 53.9 Å². The van der Waals surface area contributed by atoms with Crippen molar-refractivity contribution in [3.63, 3.8) is 0 Å². The van der Waals surface area contributed by atoms with Gasteiger partial charge in [-0.05, 0) is 24.7 Å². The van der Waals surface area contributed by atoms with Gasteiger partial charge in [-0.1, -0.05) is 18.2 Å². The van der Waals surface area contributed by atoms with Crippen LogP contribution in [0.5, 0.6) is 0 Å². The molecule has 126 valence electrons. The number of rotatable bonds is 3. The lowest BCUT2D eigenvalue weighted by Gasteiger charge is -2.33. The second kappa shape index (κ2) is 6.37. The first-order valence-corrected chi connectivity index (χ1v) is 8.39. The predicted molar refractivity (Wildman–Crippen MR) is 89.8 cm³/mol. The summed E-state index contributed by atoms with van der Waals surface area (Å²) < 4.78 is 7.69. The number of carbonyl (C=O) groups excluding carboxylic acids is 1. The molecule has 1 aromatic heterocycles. The average Bonchev–Trinajstić information content (AvgIpc) is 3.25. The van der Waals surface area contributed by atoms with E-state index >= 15 is 0 Å². The smallest absolute Gasteiger partial charge is 0.254 e. The van der Waals surface area contributed by atoms with E-state index in [4.69, 9.17) is 4.74 Å². The van der Waals surface area contributed by atoms with Crippen molar-refractivity contribution in [2.45, 2.75) is 18.7 Å². The maximum Gasteiger partial charge on any atom is 0.254 e. The molecule has 6 heteroatoms. The van der Waals surface area contributed by atoms with Gasteiger partial charge < -0.3 is 9.64 Å². The predicted octanol–water partition coefficient (Wildman–Crippen LogP) is 1.09. The molecule has 1 amide bonds. The number of fused-ring (bicyclic) bond motifs is 1. The van der Waals surface area contributed by atoms with E-state index in [0.29, 0.717) is 19.1 Å².